The number of allylic oxidation sites excluding steroid dienone is 2. The van der Waals surface area contributed by atoms with E-state index < -0.39 is 0 Å². The van der Waals surface area contributed by atoms with E-state index >= 15 is 0 Å². The normalized spacial score (nSPS) is 14.8. The van der Waals surface area contributed by atoms with Gasteiger partial charge >= 0.3 is 0 Å². The second kappa shape index (κ2) is 8.87. The summed E-state index contributed by atoms with van der Waals surface area (Å²) in [6.45, 7) is 4.40. The summed E-state index contributed by atoms with van der Waals surface area (Å²) in [5.74, 6) is 0.967. The second-order valence-corrected chi connectivity index (χ2v) is 7.56. The predicted molar refractivity (Wildman–Crippen MR) is 122 cm³/mol. The molecule has 1 N–H and O–H groups in total. The molecule has 1 aliphatic rings. The van der Waals surface area contributed by atoms with Gasteiger partial charge in [0.05, 0.1) is 5.92 Å². The van der Waals surface area contributed by atoms with Crippen molar-refractivity contribution in [2.75, 3.05) is 5.32 Å². The number of aliphatic imine (C=N–C) groups is 1. The van der Waals surface area contributed by atoms with Gasteiger partial charge in [0.25, 0.3) is 0 Å². The van der Waals surface area contributed by atoms with Crippen LogP contribution < -0.4 is 5.32 Å². The van der Waals surface area contributed by atoms with Crippen LogP contribution in [0, 0.1) is 13.8 Å². The van der Waals surface area contributed by atoms with Gasteiger partial charge in [-0.3, -0.25) is 4.99 Å². The fourth-order valence-corrected chi connectivity index (χ4v) is 3.85. The Kier molecular flexibility index (Phi) is 5.85. The van der Waals surface area contributed by atoms with Gasteiger partial charge in [-0.25, -0.2) is 4.98 Å². The summed E-state index contributed by atoms with van der Waals surface area (Å²) in [5.41, 5.74) is 7.39. The Bertz CT molecular complexity index is 1030. The average molecular weight is 382 g/mol. The molecular weight excluding hydrogens is 354 g/mol. The number of hydrogen-bond acceptors (Lipinski definition) is 3. The van der Waals surface area contributed by atoms with Crippen LogP contribution in [-0.4, -0.2) is 11.2 Å². The summed E-state index contributed by atoms with van der Waals surface area (Å²) in [6, 6.07) is 21.1. The van der Waals surface area contributed by atoms with E-state index in [4.69, 9.17) is 4.99 Å². The molecule has 1 atom stereocenters. The monoisotopic (exact) mass is 381 g/mol. The second-order valence-electron chi connectivity index (χ2n) is 7.56. The molecule has 4 rings (SSSR count). The summed E-state index contributed by atoms with van der Waals surface area (Å²) >= 11 is 0. The van der Waals surface area contributed by atoms with E-state index in [-0.39, 0.29) is 5.92 Å². The molecule has 0 fully saturated rings. The van der Waals surface area contributed by atoms with Gasteiger partial charge in [-0.1, -0.05) is 42.5 Å². The minimum absolute atomic E-state index is 0.120. The largest absolute Gasteiger partial charge is 0.340 e. The molecular formula is C26H27N3. The Balaban J connectivity index is 1.78. The van der Waals surface area contributed by atoms with Crippen LogP contribution in [0.5, 0.6) is 0 Å². The minimum atomic E-state index is 0.120. The van der Waals surface area contributed by atoms with E-state index in [0.717, 1.165) is 36.5 Å². The van der Waals surface area contributed by atoms with E-state index in [0.29, 0.717) is 0 Å². The lowest BCUT2D eigenvalue weighted by Crippen LogP contribution is -2.07. The standard InChI is InChI=1S/C26H27N3/c1-19-10-8-13-23(20(19)2)26(24-14-4-3-6-16-27-24)21-11-9-12-22(18-21)29-25-15-5-7-17-28-25/h5,7-18,26H,3-4,6H2,1-2H3,(H,28,29). The number of aryl methyl sites for hydroxylation is 1. The molecule has 1 aromatic heterocycles. The molecule has 0 saturated carbocycles. The Morgan fingerprint density at radius 3 is 2.69 bits per heavy atom. The van der Waals surface area contributed by atoms with Crippen LogP contribution in [0.3, 0.4) is 0 Å². The van der Waals surface area contributed by atoms with Crippen molar-refractivity contribution in [1.82, 2.24) is 4.98 Å². The number of anilines is 2. The summed E-state index contributed by atoms with van der Waals surface area (Å²) in [5, 5.41) is 3.42. The zero-order valence-electron chi connectivity index (χ0n) is 17.1. The molecule has 3 nitrogen and oxygen atoms in total. The first-order valence-corrected chi connectivity index (χ1v) is 10.3. The first kappa shape index (κ1) is 19.1. The van der Waals surface area contributed by atoms with Crippen molar-refractivity contribution in [3.63, 3.8) is 0 Å². The van der Waals surface area contributed by atoms with Crippen LogP contribution in [0.15, 0.2) is 83.6 Å². The molecule has 2 aromatic carbocycles. The Morgan fingerprint density at radius 1 is 0.931 bits per heavy atom. The number of benzene rings is 2. The fourth-order valence-electron chi connectivity index (χ4n) is 3.85. The third kappa shape index (κ3) is 4.45. The number of nitrogens with zero attached hydrogens (tertiary/aromatic N) is 2. The van der Waals surface area contributed by atoms with E-state index in [1.807, 2.05) is 18.2 Å². The van der Waals surface area contributed by atoms with Gasteiger partial charge in [-0.05, 0) is 79.6 Å². The summed E-state index contributed by atoms with van der Waals surface area (Å²) < 4.78 is 0. The van der Waals surface area contributed by atoms with Gasteiger partial charge in [0.1, 0.15) is 5.82 Å². The summed E-state index contributed by atoms with van der Waals surface area (Å²) in [7, 11) is 0. The van der Waals surface area contributed by atoms with Crippen LogP contribution in [0.1, 0.15) is 47.4 Å². The Morgan fingerprint density at radius 2 is 1.83 bits per heavy atom. The maximum atomic E-state index is 4.86. The minimum Gasteiger partial charge on any atom is -0.340 e. The van der Waals surface area contributed by atoms with Gasteiger partial charge in [-0.2, -0.15) is 0 Å². The van der Waals surface area contributed by atoms with E-state index in [1.54, 1.807) is 6.20 Å². The highest BCUT2D eigenvalue weighted by atomic mass is 15.0. The van der Waals surface area contributed by atoms with Gasteiger partial charge < -0.3 is 5.32 Å². The maximum absolute atomic E-state index is 4.86. The number of rotatable bonds is 5. The molecule has 1 aliphatic heterocycles. The number of nitrogens with one attached hydrogen (secondary N) is 1. The third-order valence-electron chi connectivity index (χ3n) is 5.54. The van der Waals surface area contributed by atoms with Gasteiger partial charge in [0, 0.05) is 23.8 Å². The van der Waals surface area contributed by atoms with Crippen molar-refractivity contribution >= 4 is 17.7 Å². The van der Waals surface area contributed by atoms with Crippen LogP contribution in [0.25, 0.3) is 0 Å². The first-order valence-electron chi connectivity index (χ1n) is 10.3. The smallest absolute Gasteiger partial charge is 0.130 e. The van der Waals surface area contributed by atoms with Crippen molar-refractivity contribution in [2.24, 2.45) is 4.99 Å². The molecule has 2 heterocycles. The molecule has 0 bridgehead atoms. The van der Waals surface area contributed by atoms with E-state index in [1.165, 1.54) is 22.3 Å². The van der Waals surface area contributed by atoms with E-state index in [9.17, 15) is 0 Å². The van der Waals surface area contributed by atoms with Crippen LogP contribution >= 0.6 is 0 Å². The summed E-state index contributed by atoms with van der Waals surface area (Å²) in [6.07, 6.45) is 9.47. The fraction of sp³-hybridized carbons (Fsp3) is 0.231. The predicted octanol–water partition coefficient (Wildman–Crippen LogP) is 6.71. The quantitative estimate of drug-likeness (QED) is 0.533. The van der Waals surface area contributed by atoms with Crippen LogP contribution in [-0.2, 0) is 0 Å². The van der Waals surface area contributed by atoms with Crippen molar-refractivity contribution in [1.29, 1.82) is 0 Å². The average Bonchev–Trinajstić information content (AvgIpc) is 3.02. The third-order valence-corrected chi connectivity index (χ3v) is 5.54. The molecule has 0 spiro atoms. The van der Waals surface area contributed by atoms with Crippen molar-refractivity contribution in [3.8, 4) is 0 Å². The molecule has 0 saturated heterocycles. The highest BCUT2D eigenvalue weighted by molar-refractivity contribution is 5.63. The molecule has 3 aromatic rings. The van der Waals surface area contributed by atoms with Crippen molar-refractivity contribution in [2.45, 2.75) is 39.0 Å². The molecule has 0 aliphatic carbocycles. The zero-order valence-corrected chi connectivity index (χ0v) is 17.1. The van der Waals surface area contributed by atoms with Crippen molar-refractivity contribution in [3.05, 3.63) is 101 Å². The molecule has 146 valence electrons. The lowest BCUT2D eigenvalue weighted by atomic mass is 9.84. The lowest BCUT2D eigenvalue weighted by Gasteiger charge is -2.22. The zero-order chi connectivity index (χ0) is 20.1. The van der Waals surface area contributed by atoms with Crippen LogP contribution in [0.4, 0.5) is 11.5 Å². The first-order chi connectivity index (χ1) is 14.2. The number of aromatic nitrogens is 1. The topological polar surface area (TPSA) is 37.3 Å². The Hall–Kier alpha value is -3.20. The molecule has 29 heavy (non-hydrogen) atoms. The van der Waals surface area contributed by atoms with E-state index in [2.05, 4.69) is 78.9 Å². The Labute approximate surface area is 173 Å². The van der Waals surface area contributed by atoms with Crippen molar-refractivity contribution < 1.29 is 0 Å². The van der Waals surface area contributed by atoms with Gasteiger partial charge in [0.15, 0.2) is 0 Å². The lowest BCUT2D eigenvalue weighted by molar-refractivity contribution is 0.880. The van der Waals surface area contributed by atoms with Crippen LogP contribution in [0.2, 0.25) is 0 Å². The molecule has 1 unspecified atom stereocenters. The highest BCUT2D eigenvalue weighted by Crippen LogP contribution is 2.37. The van der Waals surface area contributed by atoms with Gasteiger partial charge in [-0.15, -0.1) is 0 Å². The van der Waals surface area contributed by atoms with Gasteiger partial charge in [0.2, 0.25) is 0 Å². The summed E-state index contributed by atoms with van der Waals surface area (Å²) in [4.78, 5) is 9.25. The molecule has 0 amide bonds. The maximum Gasteiger partial charge on any atom is 0.130 e. The molecule has 3 heteroatoms. The number of pyridine rings is 1. The number of hydrogen-bond donors (Lipinski definition) is 1. The highest BCUT2D eigenvalue weighted by Gasteiger charge is 2.22. The SMILES string of the molecule is Cc1cccc(C(C2=CCCCC=N2)c2cccc(Nc3ccccn3)c2)c1C. The molecule has 0 radical (unpaired) electrons.